The standard InChI is InChI=1S/C9H8ClNO2/c1-6(12)9(13)8(10)7-4-2-3-5-11-7/h2-5,8H,1H3. The Morgan fingerprint density at radius 1 is 1.46 bits per heavy atom. The SMILES string of the molecule is CC(=O)C(=O)C(Cl)c1ccccn1. The third-order valence-corrected chi connectivity index (χ3v) is 1.95. The second-order valence-electron chi connectivity index (χ2n) is 2.54. The highest BCUT2D eigenvalue weighted by atomic mass is 35.5. The molecule has 0 aliphatic heterocycles. The minimum Gasteiger partial charge on any atom is -0.291 e. The summed E-state index contributed by atoms with van der Waals surface area (Å²) in [6.07, 6.45) is 1.53. The molecule has 3 nitrogen and oxygen atoms in total. The third-order valence-electron chi connectivity index (χ3n) is 1.52. The van der Waals surface area contributed by atoms with E-state index < -0.39 is 16.9 Å². The van der Waals surface area contributed by atoms with Crippen molar-refractivity contribution in [1.29, 1.82) is 0 Å². The lowest BCUT2D eigenvalue weighted by molar-refractivity contribution is -0.135. The number of carbonyl (C=O) groups is 2. The molecule has 0 spiro atoms. The van der Waals surface area contributed by atoms with E-state index in [1.165, 1.54) is 13.1 Å². The van der Waals surface area contributed by atoms with Crippen LogP contribution in [0.5, 0.6) is 0 Å². The zero-order valence-corrected chi connectivity index (χ0v) is 7.78. The minimum absolute atomic E-state index is 0.407. The molecule has 1 atom stereocenters. The van der Waals surface area contributed by atoms with Crippen LogP contribution in [-0.4, -0.2) is 16.6 Å². The van der Waals surface area contributed by atoms with Crippen molar-refractivity contribution in [3.05, 3.63) is 30.1 Å². The molecule has 1 heterocycles. The van der Waals surface area contributed by atoms with E-state index in [4.69, 9.17) is 11.6 Å². The molecule has 1 aromatic heterocycles. The first-order valence-electron chi connectivity index (χ1n) is 3.72. The second kappa shape index (κ2) is 4.14. The third kappa shape index (κ3) is 2.36. The number of carbonyl (C=O) groups excluding carboxylic acids is 2. The predicted molar refractivity (Wildman–Crippen MR) is 48.5 cm³/mol. The molecule has 0 aromatic carbocycles. The fraction of sp³-hybridized carbons (Fsp3) is 0.222. The van der Waals surface area contributed by atoms with Gasteiger partial charge in [-0.05, 0) is 12.1 Å². The second-order valence-corrected chi connectivity index (χ2v) is 2.97. The summed E-state index contributed by atoms with van der Waals surface area (Å²) in [6, 6.07) is 5.04. The van der Waals surface area contributed by atoms with Crippen LogP contribution in [0.4, 0.5) is 0 Å². The van der Waals surface area contributed by atoms with Gasteiger partial charge in [0, 0.05) is 13.1 Å². The van der Waals surface area contributed by atoms with Crippen LogP contribution in [-0.2, 0) is 9.59 Å². The van der Waals surface area contributed by atoms with Gasteiger partial charge in [-0.1, -0.05) is 6.07 Å². The highest BCUT2D eigenvalue weighted by Crippen LogP contribution is 2.18. The number of ketones is 2. The number of alkyl halides is 1. The molecule has 0 saturated carbocycles. The fourth-order valence-electron chi connectivity index (χ4n) is 0.839. The van der Waals surface area contributed by atoms with Crippen LogP contribution >= 0.6 is 11.6 Å². The molecule has 1 aromatic rings. The van der Waals surface area contributed by atoms with Crippen LogP contribution in [0.1, 0.15) is 18.0 Å². The van der Waals surface area contributed by atoms with Crippen molar-refractivity contribution in [1.82, 2.24) is 4.98 Å². The molecule has 0 aliphatic rings. The van der Waals surface area contributed by atoms with Gasteiger partial charge < -0.3 is 0 Å². The van der Waals surface area contributed by atoms with Crippen LogP contribution in [0.2, 0.25) is 0 Å². The van der Waals surface area contributed by atoms with Crippen LogP contribution in [0.25, 0.3) is 0 Å². The van der Waals surface area contributed by atoms with Crippen molar-refractivity contribution in [2.24, 2.45) is 0 Å². The maximum Gasteiger partial charge on any atom is 0.221 e. The van der Waals surface area contributed by atoms with Crippen LogP contribution in [0.15, 0.2) is 24.4 Å². The molecule has 1 rings (SSSR count). The number of nitrogens with zero attached hydrogens (tertiary/aromatic N) is 1. The van der Waals surface area contributed by atoms with E-state index in [0.29, 0.717) is 5.69 Å². The maximum absolute atomic E-state index is 11.1. The average molecular weight is 198 g/mol. The van der Waals surface area contributed by atoms with Crippen LogP contribution in [0.3, 0.4) is 0 Å². The van der Waals surface area contributed by atoms with Crippen molar-refractivity contribution in [3.63, 3.8) is 0 Å². The van der Waals surface area contributed by atoms with Gasteiger partial charge in [0.25, 0.3) is 0 Å². The minimum atomic E-state index is -0.960. The summed E-state index contributed by atoms with van der Waals surface area (Å²) in [6.45, 7) is 1.20. The quantitative estimate of drug-likeness (QED) is 0.545. The summed E-state index contributed by atoms with van der Waals surface area (Å²) >= 11 is 5.72. The molecule has 0 fully saturated rings. The van der Waals surface area contributed by atoms with Crippen molar-refractivity contribution in [3.8, 4) is 0 Å². The Balaban J connectivity index is 2.86. The highest BCUT2D eigenvalue weighted by molar-refractivity contribution is 6.48. The van der Waals surface area contributed by atoms with Gasteiger partial charge in [-0.15, -0.1) is 11.6 Å². The average Bonchev–Trinajstić information content (AvgIpc) is 2.17. The van der Waals surface area contributed by atoms with Crippen molar-refractivity contribution < 1.29 is 9.59 Å². The van der Waals surface area contributed by atoms with Crippen molar-refractivity contribution >= 4 is 23.2 Å². The van der Waals surface area contributed by atoms with E-state index in [2.05, 4.69) is 4.98 Å². The van der Waals surface area contributed by atoms with Crippen molar-refractivity contribution in [2.75, 3.05) is 0 Å². The monoisotopic (exact) mass is 197 g/mol. The molecule has 0 radical (unpaired) electrons. The Labute approximate surface area is 80.7 Å². The molecule has 68 valence electrons. The summed E-state index contributed by atoms with van der Waals surface area (Å²) < 4.78 is 0. The summed E-state index contributed by atoms with van der Waals surface area (Å²) in [7, 11) is 0. The predicted octanol–water partition coefficient (Wildman–Crippen LogP) is 1.52. The number of hydrogen-bond acceptors (Lipinski definition) is 3. The number of aromatic nitrogens is 1. The molecular weight excluding hydrogens is 190 g/mol. The van der Waals surface area contributed by atoms with E-state index in [9.17, 15) is 9.59 Å². The topological polar surface area (TPSA) is 47.0 Å². The number of Topliss-reactive ketones (excluding diaryl/α,β-unsaturated/α-hetero) is 2. The molecule has 1 unspecified atom stereocenters. The normalized spacial score (nSPS) is 12.2. The Morgan fingerprint density at radius 3 is 2.62 bits per heavy atom. The van der Waals surface area contributed by atoms with E-state index >= 15 is 0 Å². The van der Waals surface area contributed by atoms with E-state index in [-0.39, 0.29) is 0 Å². The zero-order valence-electron chi connectivity index (χ0n) is 7.03. The lowest BCUT2D eigenvalue weighted by Gasteiger charge is -2.03. The number of rotatable bonds is 3. The summed E-state index contributed by atoms with van der Waals surface area (Å²) in [5.41, 5.74) is 0.407. The lowest BCUT2D eigenvalue weighted by atomic mass is 10.1. The van der Waals surface area contributed by atoms with Gasteiger partial charge in [0.2, 0.25) is 5.78 Å². The highest BCUT2D eigenvalue weighted by Gasteiger charge is 2.22. The number of hydrogen-bond donors (Lipinski definition) is 0. The summed E-state index contributed by atoms with van der Waals surface area (Å²) in [4.78, 5) is 25.7. The first-order valence-corrected chi connectivity index (χ1v) is 4.16. The zero-order chi connectivity index (χ0) is 9.84. The summed E-state index contributed by atoms with van der Waals surface area (Å²) in [5, 5.41) is -0.960. The number of halogens is 1. The Bertz CT molecular complexity index is 324. The molecule has 4 heteroatoms. The molecule has 0 aliphatic carbocycles. The smallest absolute Gasteiger partial charge is 0.221 e. The van der Waals surface area contributed by atoms with Crippen LogP contribution in [0, 0.1) is 0 Å². The van der Waals surface area contributed by atoms with E-state index in [1.54, 1.807) is 18.2 Å². The van der Waals surface area contributed by atoms with Gasteiger partial charge in [0.15, 0.2) is 5.78 Å². The van der Waals surface area contributed by atoms with Gasteiger partial charge in [-0.2, -0.15) is 0 Å². The Kier molecular flexibility index (Phi) is 3.14. The fourth-order valence-corrected chi connectivity index (χ4v) is 1.12. The van der Waals surface area contributed by atoms with Gasteiger partial charge in [0.05, 0.1) is 5.69 Å². The van der Waals surface area contributed by atoms with Crippen molar-refractivity contribution in [2.45, 2.75) is 12.3 Å². The molecule has 13 heavy (non-hydrogen) atoms. The molecule has 0 bridgehead atoms. The molecule has 0 N–H and O–H groups in total. The molecule has 0 saturated heterocycles. The largest absolute Gasteiger partial charge is 0.291 e. The Hall–Kier alpha value is -1.22. The van der Waals surface area contributed by atoms with Gasteiger partial charge in [-0.3, -0.25) is 14.6 Å². The van der Waals surface area contributed by atoms with E-state index in [1.807, 2.05) is 0 Å². The first-order chi connectivity index (χ1) is 6.13. The first kappa shape index (κ1) is 9.86. The Morgan fingerprint density at radius 2 is 2.15 bits per heavy atom. The van der Waals surface area contributed by atoms with Crippen LogP contribution < -0.4 is 0 Å². The number of pyridine rings is 1. The molecular formula is C9H8ClNO2. The van der Waals surface area contributed by atoms with E-state index in [0.717, 1.165) is 0 Å². The maximum atomic E-state index is 11.1. The van der Waals surface area contributed by atoms with Gasteiger partial charge >= 0.3 is 0 Å². The van der Waals surface area contributed by atoms with Gasteiger partial charge in [-0.25, -0.2) is 0 Å². The van der Waals surface area contributed by atoms with Gasteiger partial charge in [0.1, 0.15) is 5.38 Å². The molecule has 0 amide bonds. The summed E-state index contributed by atoms with van der Waals surface area (Å²) in [5.74, 6) is -1.17. The lowest BCUT2D eigenvalue weighted by Crippen LogP contribution is -2.16.